The second kappa shape index (κ2) is 10.5. The summed E-state index contributed by atoms with van der Waals surface area (Å²) >= 11 is 0. The number of rotatable bonds is 7. The van der Waals surface area contributed by atoms with Crippen molar-refractivity contribution in [2.75, 3.05) is 38.7 Å². The van der Waals surface area contributed by atoms with Gasteiger partial charge in [-0.25, -0.2) is 0 Å². The number of hydrogen-bond acceptors (Lipinski definition) is 4. The van der Waals surface area contributed by atoms with Gasteiger partial charge < -0.3 is 20.3 Å². The minimum atomic E-state index is -0.205. The van der Waals surface area contributed by atoms with Crippen LogP contribution < -0.4 is 10.6 Å². The summed E-state index contributed by atoms with van der Waals surface area (Å²) in [6.07, 6.45) is 1.56. The number of nitrogens with one attached hydrogen (secondary N) is 2. The third-order valence-corrected chi connectivity index (χ3v) is 5.11. The number of piperidine rings is 1. The van der Waals surface area contributed by atoms with E-state index in [-0.39, 0.29) is 23.6 Å². The molecule has 7 nitrogen and oxygen atoms in total. The summed E-state index contributed by atoms with van der Waals surface area (Å²) in [5.74, 6) is -0.550. The van der Waals surface area contributed by atoms with Crippen LogP contribution in [0.15, 0.2) is 54.6 Å². The Hall–Kier alpha value is -3.19. The molecule has 2 N–H and O–H groups in total. The molecule has 2 aromatic rings. The molecular formula is C23H27N3O4. The first-order chi connectivity index (χ1) is 14.6. The Morgan fingerprint density at radius 1 is 1.03 bits per heavy atom. The molecule has 1 aliphatic heterocycles. The number of nitrogens with zero attached hydrogens (tertiary/aromatic N) is 1. The number of benzene rings is 2. The molecule has 1 saturated heterocycles. The summed E-state index contributed by atoms with van der Waals surface area (Å²) in [6, 6.07) is 15.8. The highest BCUT2D eigenvalue weighted by atomic mass is 16.5. The maximum absolute atomic E-state index is 12.9. The van der Waals surface area contributed by atoms with Crippen LogP contribution in [0.2, 0.25) is 0 Å². The molecule has 3 rings (SSSR count). The van der Waals surface area contributed by atoms with Crippen molar-refractivity contribution in [3.63, 3.8) is 0 Å². The summed E-state index contributed by atoms with van der Waals surface area (Å²) in [5, 5.41) is 5.67. The zero-order chi connectivity index (χ0) is 21.3. The molecule has 158 valence electrons. The van der Waals surface area contributed by atoms with Gasteiger partial charge in [-0.15, -0.1) is 0 Å². The van der Waals surface area contributed by atoms with Crippen molar-refractivity contribution in [2.24, 2.45) is 5.92 Å². The lowest BCUT2D eigenvalue weighted by Crippen LogP contribution is -2.45. The molecule has 0 saturated carbocycles. The van der Waals surface area contributed by atoms with Gasteiger partial charge in [0.2, 0.25) is 5.91 Å². The van der Waals surface area contributed by atoms with Crippen LogP contribution in [0.5, 0.6) is 0 Å². The second-order valence-corrected chi connectivity index (χ2v) is 7.27. The van der Waals surface area contributed by atoms with Crippen LogP contribution in [0.1, 0.15) is 33.6 Å². The van der Waals surface area contributed by atoms with Gasteiger partial charge in [0.25, 0.3) is 11.8 Å². The Morgan fingerprint density at radius 2 is 1.77 bits per heavy atom. The van der Waals surface area contributed by atoms with Gasteiger partial charge in [0.1, 0.15) is 0 Å². The number of likely N-dealkylation sites (tertiary alicyclic amines) is 1. The highest BCUT2D eigenvalue weighted by molar-refractivity contribution is 6.04. The normalized spacial score (nSPS) is 16.0. The van der Waals surface area contributed by atoms with E-state index in [1.54, 1.807) is 60.5 Å². The minimum Gasteiger partial charge on any atom is -0.383 e. The van der Waals surface area contributed by atoms with Crippen LogP contribution in [0, 0.1) is 5.92 Å². The summed E-state index contributed by atoms with van der Waals surface area (Å²) in [4.78, 5) is 39.1. The van der Waals surface area contributed by atoms with Crippen molar-refractivity contribution >= 4 is 23.4 Å². The van der Waals surface area contributed by atoms with Crippen molar-refractivity contribution in [3.8, 4) is 0 Å². The van der Waals surface area contributed by atoms with E-state index in [4.69, 9.17) is 4.74 Å². The quantitative estimate of drug-likeness (QED) is 0.688. The van der Waals surface area contributed by atoms with Gasteiger partial charge in [0, 0.05) is 43.6 Å². The molecule has 2 aromatic carbocycles. The van der Waals surface area contributed by atoms with E-state index in [2.05, 4.69) is 10.6 Å². The Balaban J connectivity index is 1.57. The van der Waals surface area contributed by atoms with E-state index in [0.717, 1.165) is 12.8 Å². The second-order valence-electron chi connectivity index (χ2n) is 7.27. The van der Waals surface area contributed by atoms with Crippen molar-refractivity contribution in [2.45, 2.75) is 12.8 Å². The largest absolute Gasteiger partial charge is 0.383 e. The van der Waals surface area contributed by atoms with Crippen molar-refractivity contribution < 1.29 is 19.1 Å². The summed E-state index contributed by atoms with van der Waals surface area (Å²) < 4.78 is 4.95. The first kappa shape index (κ1) is 21.5. The molecule has 0 radical (unpaired) electrons. The van der Waals surface area contributed by atoms with Gasteiger partial charge in [0.05, 0.1) is 12.5 Å². The van der Waals surface area contributed by atoms with Crippen LogP contribution in [-0.2, 0) is 9.53 Å². The molecular weight excluding hydrogens is 382 g/mol. The first-order valence-electron chi connectivity index (χ1n) is 10.1. The summed E-state index contributed by atoms with van der Waals surface area (Å²) in [6.45, 7) is 1.97. The van der Waals surface area contributed by atoms with Gasteiger partial charge in [0.15, 0.2) is 0 Å². The Labute approximate surface area is 176 Å². The smallest absolute Gasteiger partial charge is 0.255 e. The Kier molecular flexibility index (Phi) is 7.57. The van der Waals surface area contributed by atoms with Crippen LogP contribution >= 0.6 is 0 Å². The Bertz CT molecular complexity index is 868. The van der Waals surface area contributed by atoms with Crippen molar-refractivity contribution in [3.05, 3.63) is 65.7 Å². The van der Waals surface area contributed by atoms with Gasteiger partial charge in [-0.3, -0.25) is 14.4 Å². The molecule has 1 heterocycles. The number of ether oxygens (including phenoxy) is 1. The lowest BCUT2D eigenvalue weighted by atomic mass is 9.96. The monoisotopic (exact) mass is 409 g/mol. The van der Waals surface area contributed by atoms with E-state index in [1.807, 2.05) is 6.07 Å². The topological polar surface area (TPSA) is 87.7 Å². The summed E-state index contributed by atoms with van der Waals surface area (Å²) in [5.41, 5.74) is 1.73. The van der Waals surface area contributed by atoms with Crippen molar-refractivity contribution in [1.82, 2.24) is 10.2 Å². The molecule has 1 fully saturated rings. The Morgan fingerprint density at radius 3 is 2.47 bits per heavy atom. The van der Waals surface area contributed by atoms with Gasteiger partial charge >= 0.3 is 0 Å². The fourth-order valence-corrected chi connectivity index (χ4v) is 3.47. The summed E-state index contributed by atoms with van der Waals surface area (Å²) in [7, 11) is 1.59. The molecule has 1 atom stereocenters. The molecule has 1 aliphatic rings. The number of carbonyl (C=O) groups excluding carboxylic acids is 3. The lowest BCUT2D eigenvalue weighted by molar-refractivity contribution is -0.126. The molecule has 7 heteroatoms. The lowest BCUT2D eigenvalue weighted by Gasteiger charge is -2.32. The third kappa shape index (κ3) is 5.67. The van der Waals surface area contributed by atoms with E-state index < -0.39 is 0 Å². The minimum absolute atomic E-state index is 0.0384. The standard InChI is InChI=1S/C23H27N3O4/c1-30-15-13-24-21(27)19-8-5-14-26(16-19)23(29)18-9-11-20(12-10-18)25-22(28)17-6-3-2-4-7-17/h2-4,6-7,9-12,19H,5,8,13-16H2,1H3,(H,24,27)(H,25,28). The zero-order valence-corrected chi connectivity index (χ0v) is 17.1. The van der Waals surface area contributed by atoms with Crippen LogP contribution in [0.3, 0.4) is 0 Å². The van der Waals surface area contributed by atoms with E-state index in [0.29, 0.717) is 43.1 Å². The fraction of sp³-hybridized carbons (Fsp3) is 0.348. The molecule has 3 amide bonds. The number of amides is 3. The highest BCUT2D eigenvalue weighted by Gasteiger charge is 2.28. The number of methoxy groups -OCH3 is 1. The molecule has 0 spiro atoms. The fourth-order valence-electron chi connectivity index (χ4n) is 3.47. The maximum atomic E-state index is 12.9. The number of anilines is 1. The van der Waals surface area contributed by atoms with E-state index >= 15 is 0 Å². The molecule has 0 bridgehead atoms. The molecule has 0 aliphatic carbocycles. The van der Waals surface area contributed by atoms with Gasteiger partial charge in [-0.1, -0.05) is 18.2 Å². The number of hydrogen-bond donors (Lipinski definition) is 2. The predicted molar refractivity (Wildman–Crippen MR) is 114 cm³/mol. The maximum Gasteiger partial charge on any atom is 0.255 e. The van der Waals surface area contributed by atoms with E-state index in [1.165, 1.54) is 0 Å². The van der Waals surface area contributed by atoms with Crippen molar-refractivity contribution in [1.29, 1.82) is 0 Å². The van der Waals surface area contributed by atoms with Gasteiger partial charge in [-0.05, 0) is 49.2 Å². The SMILES string of the molecule is COCCNC(=O)C1CCCN(C(=O)c2ccc(NC(=O)c3ccccc3)cc2)C1. The average Bonchev–Trinajstić information content (AvgIpc) is 2.80. The molecule has 1 unspecified atom stereocenters. The van der Waals surface area contributed by atoms with Crippen LogP contribution in [-0.4, -0.2) is 56.0 Å². The first-order valence-corrected chi connectivity index (χ1v) is 10.1. The molecule has 30 heavy (non-hydrogen) atoms. The van der Waals surface area contributed by atoms with Gasteiger partial charge in [-0.2, -0.15) is 0 Å². The molecule has 0 aromatic heterocycles. The number of carbonyl (C=O) groups is 3. The predicted octanol–water partition coefficient (Wildman–Crippen LogP) is 2.55. The van der Waals surface area contributed by atoms with Crippen LogP contribution in [0.4, 0.5) is 5.69 Å². The third-order valence-electron chi connectivity index (χ3n) is 5.11. The average molecular weight is 409 g/mol. The van der Waals surface area contributed by atoms with E-state index in [9.17, 15) is 14.4 Å². The zero-order valence-electron chi connectivity index (χ0n) is 17.1. The highest BCUT2D eigenvalue weighted by Crippen LogP contribution is 2.20. The van der Waals surface area contributed by atoms with Crippen LogP contribution in [0.25, 0.3) is 0 Å².